The van der Waals surface area contributed by atoms with Crippen molar-refractivity contribution >= 4 is 28.7 Å². The van der Waals surface area contributed by atoms with Crippen LogP contribution in [0.3, 0.4) is 0 Å². The van der Waals surface area contributed by atoms with Crippen molar-refractivity contribution in [2.45, 2.75) is 65.8 Å². The number of aryl methyl sites for hydroxylation is 1. The van der Waals surface area contributed by atoms with Gasteiger partial charge in [0.1, 0.15) is 29.4 Å². The molecule has 0 aliphatic heterocycles. The molecule has 2 aromatic carbocycles. The predicted molar refractivity (Wildman–Crippen MR) is 145 cm³/mol. The topological polar surface area (TPSA) is 140 Å². The summed E-state index contributed by atoms with van der Waals surface area (Å²) in [5.74, 6) is -0.761. The number of nitrogens with one attached hydrogen (secondary N) is 1. The van der Waals surface area contributed by atoms with Crippen molar-refractivity contribution < 1.29 is 33.3 Å². The van der Waals surface area contributed by atoms with Gasteiger partial charge in [-0.2, -0.15) is 5.10 Å². The number of hydrogen-bond acceptors (Lipinski definition) is 8. The summed E-state index contributed by atoms with van der Waals surface area (Å²) in [6, 6.07) is 7.14. The minimum absolute atomic E-state index is 0.0141. The molecule has 0 aliphatic rings. The lowest BCUT2D eigenvalue weighted by Crippen LogP contribution is -2.41. The van der Waals surface area contributed by atoms with E-state index in [1.54, 1.807) is 53.7 Å². The van der Waals surface area contributed by atoms with Crippen molar-refractivity contribution in [2.75, 3.05) is 25.4 Å². The quantitative estimate of drug-likeness (QED) is 0.269. The molecule has 1 aromatic heterocycles. The average Bonchev–Trinajstić information content (AvgIpc) is 3.17. The number of aromatic amines is 1. The van der Waals surface area contributed by atoms with Crippen LogP contribution in [0.1, 0.15) is 69.3 Å². The van der Waals surface area contributed by atoms with Crippen molar-refractivity contribution in [3.8, 4) is 5.75 Å². The van der Waals surface area contributed by atoms with E-state index in [1.165, 1.54) is 17.0 Å². The Hall–Kier alpha value is -3.86. The van der Waals surface area contributed by atoms with E-state index in [4.69, 9.17) is 19.9 Å². The summed E-state index contributed by atoms with van der Waals surface area (Å²) >= 11 is 0. The van der Waals surface area contributed by atoms with E-state index in [1.807, 2.05) is 6.92 Å². The van der Waals surface area contributed by atoms with Gasteiger partial charge in [-0.15, -0.1) is 0 Å². The Balaban J connectivity index is 1.79. The average molecular weight is 545 g/mol. The zero-order chi connectivity index (χ0) is 29.1. The van der Waals surface area contributed by atoms with Crippen LogP contribution in [-0.4, -0.2) is 63.2 Å². The first-order valence-corrected chi connectivity index (χ1v) is 12.6. The third kappa shape index (κ3) is 8.06. The molecule has 3 aromatic rings. The van der Waals surface area contributed by atoms with Gasteiger partial charge < -0.3 is 30.0 Å². The fourth-order valence-electron chi connectivity index (χ4n) is 3.80. The second-order valence-corrected chi connectivity index (χ2v) is 11.3. The molecule has 3 rings (SSSR count). The number of anilines is 1. The summed E-state index contributed by atoms with van der Waals surface area (Å²) in [5, 5.41) is 18.5. The van der Waals surface area contributed by atoms with Gasteiger partial charge >= 0.3 is 12.1 Å². The number of ether oxygens (including phenoxy) is 3. The van der Waals surface area contributed by atoms with Crippen LogP contribution >= 0.6 is 0 Å². The molecule has 1 amide bonds. The highest BCUT2D eigenvalue weighted by Crippen LogP contribution is 2.28. The number of rotatable bonds is 8. The molecule has 1 atom stereocenters. The number of aliphatic hydroxyl groups is 1. The molecule has 11 heteroatoms. The molecule has 0 saturated carbocycles. The van der Waals surface area contributed by atoms with E-state index in [-0.39, 0.29) is 25.4 Å². The molecule has 10 nitrogen and oxygen atoms in total. The number of nitrogens with zero attached hydrogens (tertiary/aromatic N) is 2. The molecular formula is C28H37FN4O6. The number of aliphatic hydroxyl groups excluding tert-OH is 1. The fourth-order valence-corrected chi connectivity index (χ4v) is 3.80. The first-order chi connectivity index (χ1) is 18.0. The normalized spacial score (nSPS) is 12.7. The fraction of sp³-hybridized carbons (Fsp3) is 0.464. The number of nitrogen functional groups attached to an aromatic ring is 1. The van der Waals surface area contributed by atoms with Crippen LogP contribution in [0, 0.1) is 12.7 Å². The molecule has 212 valence electrons. The summed E-state index contributed by atoms with van der Waals surface area (Å²) in [6.07, 6.45) is -1.81. The third-order valence-corrected chi connectivity index (χ3v) is 5.51. The Labute approximate surface area is 227 Å². The number of aromatic nitrogens is 2. The molecule has 0 saturated heterocycles. The van der Waals surface area contributed by atoms with Crippen molar-refractivity contribution in [3.63, 3.8) is 0 Å². The molecule has 0 spiro atoms. The Kier molecular flexibility index (Phi) is 8.74. The maximum atomic E-state index is 13.6. The van der Waals surface area contributed by atoms with Crippen LogP contribution in [0.5, 0.6) is 5.75 Å². The minimum atomic E-state index is -1.15. The highest BCUT2D eigenvalue weighted by molar-refractivity contribution is 6.05. The predicted octanol–water partition coefficient (Wildman–Crippen LogP) is 4.90. The summed E-state index contributed by atoms with van der Waals surface area (Å²) < 4.78 is 30.6. The van der Waals surface area contributed by atoms with Gasteiger partial charge in [-0.1, -0.05) is 6.07 Å². The number of fused-ring (bicyclic) bond motifs is 1. The highest BCUT2D eigenvalue weighted by Gasteiger charge is 2.26. The van der Waals surface area contributed by atoms with Crippen LogP contribution in [0.25, 0.3) is 10.9 Å². The third-order valence-electron chi connectivity index (χ3n) is 5.51. The number of amides is 1. The van der Waals surface area contributed by atoms with E-state index < -0.39 is 35.2 Å². The molecule has 0 radical (unpaired) electrons. The summed E-state index contributed by atoms with van der Waals surface area (Å²) in [7, 11) is 0. The van der Waals surface area contributed by atoms with Crippen LogP contribution in [-0.2, 0) is 9.47 Å². The van der Waals surface area contributed by atoms with E-state index in [2.05, 4.69) is 10.2 Å². The van der Waals surface area contributed by atoms with Gasteiger partial charge in [0.25, 0.3) is 0 Å². The monoisotopic (exact) mass is 544 g/mol. The van der Waals surface area contributed by atoms with E-state index >= 15 is 0 Å². The van der Waals surface area contributed by atoms with E-state index in [0.717, 1.165) is 6.07 Å². The Bertz CT molecular complexity index is 1340. The Morgan fingerprint density at radius 3 is 2.38 bits per heavy atom. The lowest BCUT2D eigenvalue weighted by molar-refractivity contribution is 0.00708. The lowest BCUT2D eigenvalue weighted by Gasteiger charge is -2.29. The number of H-pyrrole nitrogens is 1. The number of esters is 1. The minimum Gasteiger partial charge on any atom is -0.492 e. The second kappa shape index (κ2) is 11.5. The molecule has 1 heterocycles. The number of nitrogens with two attached hydrogens (primary N) is 1. The molecule has 4 N–H and O–H groups in total. The first kappa shape index (κ1) is 29.7. The standard InChI is InChI=1S/C28H37FN4O6/c1-16-24-19(25(35)38-27(2,3)4)13-18(14-22(24)32-31-16)37-11-10-33(26(36)39-28(5,6)7)15-23(34)17-8-9-20(29)21(30)12-17/h8-9,12-14,23,34H,10-11,15,30H2,1-7H3,(H,31,32)/t23-/m0/s1. The molecule has 0 aliphatic carbocycles. The molecular weight excluding hydrogens is 507 g/mol. The molecule has 0 bridgehead atoms. The maximum absolute atomic E-state index is 13.6. The molecule has 0 unspecified atom stereocenters. The Morgan fingerprint density at radius 1 is 1.10 bits per heavy atom. The van der Waals surface area contributed by atoms with Gasteiger partial charge in [-0.25, -0.2) is 14.0 Å². The smallest absolute Gasteiger partial charge is 0.410 e. The number of carbonyl (C=O) groups excluding carboxylic acids is 2. The SMILES string of the molecule is Cc1[nH]nc2cc(OCCN(C[C@H](O)c3ccc(F)c(N)c3)C(=O)OC(C)(C)C)cc(C(=O)OC(C)(C)C)c12. The van der Waals surface area contributed by atoms with Crippen molar-refractivity contribution in [1.82, 2.24) is 15.1 Å². The van der Waals surface area contributed by atoms with Crippen molar-refractivity contribution in [2.24, 2.45) is 0 Å². The van der Waals surface area contributed by atoms with Crippen LogP contribution in [0.4, 0.5) is 14.9 Å². The highest BCUT2D eigenvalue weighted by atomic mass is 19.1. The van der Waals surface area contributed by atoms with Crippen LogP contribution in [0.2, 0.25) is 0 Å². The number of carbonyl (C=O) groups is 2. The van der Waals surface area contributed by atoms with Crippen molar-refractivity contribution in [3.05, 3.63) is 53.0 Å². The van der Waals surface area contributed by atoms with E-state index in [0.29, 0.717) is 33.5 Å². The zero-order valence-electron chi connectivity index (χ0n) is 23.4. The van der Waals surface area contributed by atoms with Gasteiger partial charge in [-0.05, 0) is 72.2 Å². The number of halogens is 1. The largest absolute Gasteiger partial charge is 0.492 e. The van der Waals surface area contributed by atoms with Gasteiger partial charge in [-0.3, -0.25) is 5.10 Å². The second-order valence-electron chi connectivity index (χ2n) is 11.3. The molecule has 0 fully saturated rings. The Morgan fingerprint density at radius 2 is 1.77 bits per heavy atom. The van der Waals surface area contributed by atoms with Gasteiger partial charge in [0.15, 0.2) is 0 Å². The van der Waals surface area contributed by atoms with Gasteiger partial charge in [0.05, 0.1) is 36.0 Å². The summed E-state index contributed by atoms with van der Waals surface area (Å²) in [6.45, 7) is 12.3. The number of benzene rings is 2. The summed E-state index contributed by atoms with van der Waals surface area (Å²) in [4.78, 5) is 27.1. The van der Waals surface area contributed by atoms with Gasteiger partial charge in [0.2, 0.25) is 0 Å². The zero-order valence-corrected chi connectivity index (χ0v) is 23.4. The summed E-state index contributed by atoms with van der Waals surface area (Å²) in [5.41, 5.74) is 5.96. The number of hydrogen-bond donors (Lipinski definition) is 3. The van der Waals surface area contributed by atoms with Crippen molar-refractivity contribution in [1.29, 1.82) is 0 Å². The first-order valence-electron chi connectivity index (χ1n) is 12.6. The maximum Gasteiger partial charge on any atom is 0.410 e. The van der Waals surface area contributed by atoms with Crippen LogP contribution in [0.15, 0.2) is 30.3 Å². The van der Waals surface area contributed by atoms with Crippen LogP contribution < -0.4 is 10.5 Å². The van der Waals surface area contributed by atoms with E-state index in [9.17, 15) is 19.1 Å². The molecule has 39 heavy (non-hydrogen) atoms. The van der Waals surface area contributed by atoms with Gasteiger partial charge in [0, 0.05) is 17.1 Å². The lowest BCUT2D eigenvalue weighted by atomic mass is 10.1.